The molecule has 1 aliphatic rings. The SMILES string of the molecule is COCCN1CC(=O)N(Cc2cc(OC)c(OC)cc2F)[C@@H](C)C1=O. The quantitative estimate of drug-likeness (QED) is 0.732. The molecule has 8 heteroatoms. The van der Waals surface area contributed by atoms with E-state index in [1.165, 1.54) is 43.3 Å². The van der Waals surface area contributed by atoms with Gasteiger partial charge in [0.05, 0.1) is 27.4 Å². The van der Waals surface area contributed by atoms with E-state index < -0.39 is 11.9 Å². The molecule has 2 rings (SSSR count). The second-order valence-corrected chi connectivity index (χ2v) is 5.75. The number of hydrogen-bond acceptors (Lipinski definition) is 5. The third-order valence-corrected chi connectivity index (χ3v) is 4.24. The Kier molecular flexibility index (Phi) is 6.19. The zero-order valence-corrected chi connectivity index (χ0v) is 14.9. The smallest absolute Gasteiger partial charge is 0.245 e. The van der Waals surface area contributed by atoms with Crippen LogP contribution in [0.2, 0.25) is 0 Å². The molecule has 1 aromatic rings. The summed E-state index contributed by atoms with van der Waals surface area (Å²) < 4.78 is 29.5. The molecule has 0 unspecified atom stereocenters. The van der Waals surface area contributed by atoms with Gasteiger partial charge >= 0.3 is 0 Å². The number of nitrogens with zero attached hydrogens (tertiary/aromatic N) is 2. The van der Waals surface area contributed by atoms with Gasteiger partial charge in [-0.2, -0.15) is 0 Å². The average Bonchev–Trinajstić information content (AvgIpc) is 2.61. The van der Waals surface area contributed by atoms with E-state index in [0.29, 0.717) is 18.9 Å². The van der Waals surface area contributed by atoms with Crippen LogP contribution in [0, 0.1) is 5.82 Å². The number of ether oxygens (including phenoxy) is 3. The van der Waals surface area contributed by atoms with Crippen molar-refractivity contribution in [2.75, 3.05) is 41.0 Å². The van der Waals surface area contributed by atoms with Gasteiger partial charge < -0.3 is 24.0 Å². The number of amides is 2. The molecule has 1 saturated heterocycles. The third kappa shape index (κ3) is 4.01. The predicted octanol–water partition coefficient (Wildman–Crippen LogP) is 1.05. The van der Waals surface area contributed by atoms with Gasteiger partial charge in [0.25, 0.3) is 0 Å². The van der Waals surface area contributed by atoms with Crippen LogP contribution >= 0.6 is 0 Å². The fraction of sp³-hybridized carbons (Fsp3) is 0.529. The highest BCUT2D eigenvalue weighted by Gasteiger charge is 2.36. The number of rotatable bonds is 7. The van der Waals surface area contributed by atoms with Crippen molar-refractivity contribution in [3.05, 3.63) is 23.5 Å². The molecule has 25 heavy (non-hydrogen) atoms. The molecule has 0 bridgehead atoms. The normalized spacial score (nSPS) is 17.9. The lowest BCUT2D eigenvalue weighted by Crippen LogP contribution is -2.58. The Morgan fingerprint density at radius 3 is 2.40 bits per heavy atom. The Morgan fingerprint density at radius 2 is 1.80 bits per heavy atom. The molecular formula is C17H23FN2O5. The van der Waals surface area contributed by atoms with Gasteiger partial charge in [-0.3, -0.25) is 9.59 Å². The van der Waals surface area contributed by atoms with Crippen LogP contribution in [-0.2, 0) is 20.9 Å². The van der Waals surface area contributed by atoms with Crippen molar-refractivity contribution in [2.45, 2.75) is 19.5 Å². The minimum Gasteiger partial charge on any atom is -0.493 e. The van der Waals surface area contributed by atoms with Crippen molar-refractivity contribution < 1.29 is 28.2 Å². The lowest BCUT2D eigenvalue weighted by molar-refractivity contribution is -0.156. The van der Waals surface area contributed by atoms with E-state index in [-0.39, 0.29) is 36.2 Å². The molecule has 0 radical (unpaired) electrons. The fourth-order valence-corrected chi connectivity index (χ4v) is 2.76. The van der Waals surface area contributed by atoms with Crippen LogP contribution in [0.3, 0.4) is 0 Å². The number of methoxy groups -OCH3 is 3. The van der Waals surface area contributed by atoms with E-state index in [2.05, 4.69) is 0 Å². The molecule has 0 aliphatic carbocycles. The predicted molar refractivity (Wildman–Crippen MR) is 88.0 cm³/mol. The number of piperazine rings is 1. The van der Waals surface area contributed by atoms with E-state index in [4.69, 9.17) is 14.2 Å². The van der Waals surface area contributed by atoms with Crippen LogP contribution in [0.1, 0.15) is 12.5 Å². The molecule has 0 N–H and O–H groups in total. The second kappa shape index (κ2) is 8.15. The van der Waals surface area contributed by atoms with Crippen LogP contribution in [0.4, 0.5) is 4.39 Å². The zero-order valence-electron chi connectivity index (χ0n) is 14.9. The van der Waals surface area contributed by atoms with E-state index in [1.807, 2.05) is 0 Å². The van der Waals surface area contributed by atoms with Crippen molar-refractivity contribution in [3.8, 4) is 11.5 Å². The maximum atomic E-state index is 14.3. The van der Waals surface area contributed by atoms with Gasteiger partial charge in [-0.15, -0.1) is 0 Å². The van der Waals surface area contributed by atoms with E-state index in [9.17, 15) is 14.0 Å². The summed E-state index contributed by atoms with van der Waals surface area (Å²) in [6, 6.07) is 2.02. The molecule has 1 aromatic carbocycles. The van der Waals surface area contributed by atoms with Crippen molar-refractivity contribution >= 4 is 11.8 Å². The van der Waals surface area contributed by atoms with Gasteiger partial charge in [-0.05, 0) is 13.0 Å². The Morgan fingerprint density at radius 1 is 1.16 bits per heavy atom. The summed E-state index contributed by atoms with van der Waals surface area (Å²) in [7, 11) is 4.40. The molecule has 1 fully saturated rings. The van der Waals surface area contributed by atoms with Gasteiger partial charge in [-0.1, -0.05) is 0 Å². The Labute approximate surface area is 146 Å². The lowest BCUT2D eigenvalue weighted by Gasteiger charge is -2.38. The standard InChI is InChI=1S/C17H23FN2O5/c1-11-17(22)19(5-6-23-2)10-16(21)20(11)9-12-7-14(24-3)15(25-4)8-13(12)18/h7-8,11H,5-6,9-10H2,1-4H3/t11-/m0/s1. The zero-order chi connectivity index (χ0) is 18.6. The minimum atomic E-state index is -0.675. The summed E-state index contributed by atoms with van der Waals surface area (Å²) in [5.41, 5.74) is 0.260. The number of halogens is 1. The minimum absolute atomic E-state index is 0.0178. The van der Waals surface area contributed by atoms with Crippen LogP contribution in [0.5, 0.6) is 11.5 Å². The summed E-state index contributed by atoms with van der Waals surface area (Å²) in [6.07, 6.45) is 0. The molecular weight excluding hydrogens is 331 g/mol. The van der Waals surface area contributed by atoms with Crippen LogP contribution in [0.15, 0.2) is 12.1 Å². The fourth-order valence-electron chi connectivity index (χ4n) is 2.76. The van der Waals surface area contributed by atoms with Crippen LogP contribution in [0.25, 0.3) is 0 Å². The second-order valence-electron chi connectivity index (χ2n) is 5.75. The summed E-state index contributed by atoms with van der Waals surface area (Å²) in [4.78, 5) is 27.7. The largest absolute Gasteiger partial charge is 0.493 e. The van der Waals surface area contributed by atoms with E-state index in [0.717, 1.165) is 0 Å². The van der Waals surface area contributed by atoms with Crippen molar-refractivity contribution in [2.24, 2.45) is 0 Å². The molecule has 0 aromatic heterocycles. The number of carbonyl (C=O) groups is 2. The summed E-state index contributed by atoms with van der Waals surface area (Å²) in [6.45, 7) is 2.29. The van der Waals surface area contributed by atoms with E-state index >= 15 is 0 Å². The molecule has 1 atom stereocenters. The highest BCUT2D eigenvalue weighted by molar-refractivity contribution is 5.94. The lowest BCUT2D eigenvalue weighted by atomic mass is 10.1. The Bertz CT molecular complexity index is 652. The number of carbonyl (C=O) groups excluding carboxylic acids is 2. The highest BCUT2D eigenvalue weighted by Crippen LogP contribution is 2.31. The molecule has 1 aliphatic heterocycles. The Balaban J connectivity index is 2.20. The first-order valence-electron chi connectivity index (χ1n) is 7.90. The van der Waals surface area contributed by atoms with Gasteiger partial charge in [0.1, 0.15) is 11.9 Å². The van der Waals surface area contributed by atoms with Crippen molar-refractivity contribution in [3.63, 3.8) is 0 Å². The van der Waals surface area contributed by atoms with Gasteiger partial charge in [0.15, 0.2) is 11.5 Å². The molecule has 7 nitrogen and oxygen atoms in total. The topological polar surface area (TPSA) is 68.3 Å². The number of hydrogen-bond donors (Lipinski definition) is 0. The van der Waals surface area contributed by atoms with Crippen LogP contribution in [-0.4, -0.2) is 68.7 Å². The molecule has 2 amide bonds. The first-order valence-corrected chi connectivity index (χ1v) is 7.90. The molecule has 0 saturated carbocycles. The van der Waals surface area contributed by atoms with Crippen LogP contribution < -0.4 is 9.47 Å². The van der Waals surface area contributed by atoms with Gasteiger partial charge in [0, 0.05) is 31.8 Å². The monoisotopic (exact) mass is 354 g/mol. The molecule has 1 heterocycles. The van der Waals surface area contributed by atoms with Gasteiger partial charge in [-0.25, -0.2) is 4.39 Å². The highest BCUT2D eigenvalue weighted by atomic mass is 19.1. The Hall–Kier alpha value is -2.35. The third-order valence-electron chi connectivity index (χ3n) is 4.24. The first kappa shape index (κ1) is 19.0. The maximum Gasteiger partial charge on any atom is 0.245 e. The molecule has 138 valence electrons. The van der Waals surface area contributed by atoms with E-state index in [1.54, 1.807) is 6.92 Å². The summed E-state index contributed by atoms with van der Waals surface area (Å²) in [5.74, 6) is -0.311. The van der Waals surface area contributed by atoms with Crippen molar-refractivity contribution in [1.82, 2.24) is 9.80 Å². The first-order chi connectivity index (χ1) is 11.9. The summed E-state index contributed by atoms with van der Waals surface area (Å²) >= 11 is 0. The van der Waals surface area contributed by atoms with Gasteiger partial charge in [0.2, 0.25) is 11.8 Å². The maximum absolute atomic E-state index is 14.3. The average molecular weight is 354 g/mol. The summed E-state index contributed by atoms with van der Waals surface area (Å²) in [5, 5.41) is 0. The molecule has 0 spiro atoms. The number of benzene rings is 1. The van der Waals surface area contributed by atoms with Crippen molar-refractivity contribution in [1.29, 1.82) is 0 Å².